The molecule has 0 aliphatic carbocycles. The Balaban J connectivity index is 2.05. The van der Waals surface area contributed by atoms with E-state index in [4.69, 9.17) is 11.2 Å². The van der Waals surface area contributed by atoms with Gasteiger partial charge < -0.3 is 0 Å². The zero-order chi connectivity index (χ0) is 12.1. The molecule has 1 unspecified atom stereocenters. The molecule has 0 aliphatic rings. The molecule has 0 fully saturated rings. The van der Waals surface area contributed by atoms with Crippen LogP contribution in [-0.2, 0) is 6.16 Å². The zero-order valence-corrected chi connectivity index (χ0v) is 12.1. The minimum Gasteiger partial charge on any atom is -0.130 e. The van der Waals surface area contributed by atoms with Crippen molar-refractivity contribution >= 4 is 35.6 Å². The van der Waals surface area contributed by atoms with Crippen molar-refractivity contribution in [2.45, 2.75) is 11.1 Å². The second kappa shape index (κ2) is 6.44. The Bertz CT molecular complexity index is 455. The summed E-state index contributed by atoms with van der Waals surface area (Å²) in [6.07, 6.45) is 3.03. The van der Waals surface area contributed by atoms with Gasteiger partial charge >= 0.3 is 0 Å². The van der Waals surface area contributed by atoms with Gasteiger partial charge in [0, 0.05) is 18.3 Å². The first-order chi connectivity index (χ1) is 8.29. The highest BCUT2D eigenvalue weighted by atomic mass is 35.7. The highest BCUT2D eigenvalue weighted by Gasteiger charge is 2.07. The Kier molecular flexibility index (Phi) is 4.91. The van der Waals surface area contributed by atoms with Gasteiger partial charge in [-0.05, 0) is 29.3 Å². The van der Waals surface area contributed by atoms with Crippen molar-refractivity contribution in [3.8, 4) is 0 Å². The number of halogens is 1. The molecule has 0 aromatic heterocycles. The van der Waals surface area contributed by atoms with Gasteiger partial charge in [-0.15, -0.1) is 11.8 Å². The zero-order valence-electron chi connectivity index (χ0n) is 9.64. The summed E-state index contributed by atoms with van der Waals surface area (Å²) < 4.78 is 0. The molecule has 17 heavy (non-hydrogen) atoms. The molecule has 0 spiro atoms. The fourth-order valence-corrected chi connectivity index (χ4v) is 3.94. The average Bonchev–Trinajstić information content (AvgIpc) is 2.40. The van der Waals surface area contributed by atoms with Crippen molar-refractivity contribution in [3.05, 3.63) is 60.2 Å². The number of hydrogen-bond donors (Lipinski definition) is 0. The van der Waals surface area contributed by atoms with Crippen molar-refractivity contribution in [3.63, 3.8) is 0 Å². The first kappa shape index (κ1) is 13.0. The minimum atomic E-state index is -0.600. The van der Waals surface area contributed by atoms with Gasteiger partial charge in [0.05, 0.1) is 0 Å². The maximum atomic E-state index is 6.47. The van der Waals surface area contributed by atoms with E-state index in [-0.39, 0.29) is 0 Å². The monoisotopic (exact) mass is 280 g/mol. The van der Waals surface area contributed by atoms with Gasteiger partial charge in [-0.2, -0.15) is 0 Å². The molecule has 0 radical (unpaired) electrons. The summed E-state index contributed by atoms with van der Waals surface area (Å²) in [5.74, 6) is 0. The van der Waals surface area contributed by atoms with E-state index in [0.717, 1.165) is 6.16 Å². The summed E-state index contributed by atoms with van der Waals surface area (Å²) in [4.78, 5) is 1.30. The highest BCUT2D eigenvalue weighted by Crippen LogP contribution is 2.43. The predicted molar refractivity (Wildman–Crippen MR) is 80.8 cm³/mol. The second-order valence-corrected chi connectivity index (χ2v) is 7.36. The maximum Gasteiger partial charge on any atom is 0.0257 e. The van der Waals surface area contributed by atoms with E-state index < -0.39 is 7.27 Å². The molecule has 0 bridgehead atoms. The SMILES string of the molecule is CSc1ccc(CP(Cl)c2ccccc2)cc1. The third kappa shape index (κ3) is 3.74. The molecule has 0 nitrogen and oxygen atoms in total. The number of thioether (sulfide) groups is 1. The summed E-state index contributed by atoms with van der Waals surface area (Å²) in [5, 5.41) is 1.25. The largest absolute Gasteiger partial charge is 0.130 e. The molecule has 0 N–H and O–H groups in total. The van der Waals surface area contributed by atoms with Gasteiger partial charge in [0.2, 0.25) is 0 Å². The Morgan fingerprint density at radius 3 is 2.24 bits per heavy atom. The molecule has 0 saturated carbocycles. The van der Waals surface area contributed by atoms with Crippen LogP contribution in [0.4, 0.5) is 0 Å². The van der Waals surface area contributed by atoms with Crippen molar-refractivity contribution in [1.82, 2.24) is 0 Å². The third-order valence-corrected chi connectivity index (χ3v) is 5.71. The van der Waals surface area contributed by atoms with Crippen LogP contribution in [0.15, 0.2) is 59.5 Å². The van der Waals surface area contributed by atoms with Crippen LogP contribution in [0.2, 0.25) is 0 Å². The standard InChI is InChI=1S/C14H14ClPS/c1-17-14-9-7-12(8-10-14)11-16(15)13-5-3-2-4-6-13/h2-10H,11H2,1H3. The van der Waals surface area contributed by atoms with Crippen LogP contribution in [0, 0.1) is 0 Å². The van der Waals surface area contributed by atoms with E-state index >= 15 is 0 Å². The average molecular weight is 281 g/mol. The lowest BCUT2D eigenvalue weighted by atomic mass is 10.2. The van der Waals surface area contributed by atoms with Gasteiger partial charge in [-0.25, -0.2) is 0 Å². The summed E-state index contributed by atoms with van der Waals surface area (Å²) in [6.45, 7) is 0. The van der Waals surface area contributed by atoms with E-state index in [1.165, 1.54) is 15.8 Å². The molecule has 1 atom stereocenters. The second-order valence-electron chi connectivity index (χ2n) is 3.70. The predicted octanol–water partition coefficient (Wildman–Crippen LogP) is 4.87. The molecule has 0 saturated heterocycles. The van der Waals surface area contributed by atoms with E-state index in [0.29, 0.717) is 0 Å². The lowest BCUT2D eigenvalue weighted by Gasteiger charge is -2.10. The van der Waals surface area contributed by atoms with Gasteiger partial charge in [0.25, 0.3) is 0 Å². The fraction of sp³-hybridized carbons (Fsp3) is 0.143. The Morgan fingerprint density at radius 2 is 1.65 bits per heavy atom. The quantitative estimate of drug-likeness (QED) is 0.569. The molecule has 2 aromatic carbocycles. The van der Waals surface area contributed by atoms with Crippen LogP contribution in [-0.4, -0.2) is 6.26 Å². The van der Waals surface area contributed by atoms with Crippen LogP contribution >= 0.6 is 30.3 Å². The molecule has 3 heteroatoms. The normalized spacial score (nSPS) is 12.4. The molecular weight excluding hydrogens is 267 g/mol. The summed E-state index contributed by atoms with van der Waals surface area (Å²) in [5.41, 5.74) is 1.31. The van der Waals surface area contributed by atoms with Crippen molar-refractivity contribution in [2.75, 3.05) is 6.26 Å². The fourth-order valence-electron chi connectivity index (χ4n) is 1.57. The topological polar surface area (TPSA) is 0 Å². The first-order valence-electron chi connectivity index (χ1n) is 5.41. The Labute approximate surface area is 113 Å². The minimum absolute atomic E-state index is 0.600. The van der Waals surface area contributed by atoms with Crippen molar-refractivity contribution < 1.29 is 0 Å². The third-order valence-electron chi connectivity index (χ3n) is 2.52. The lowest BCUT2D eigenvalue weighted by Crippen LogP contribution is -1.97. The van der Waals surface area contributed by atoms with E-state index in [1.807, 2.05) is 18.2 Å². The Morgan fingerprint density at radius 1 is 1.00 bits per heavy atom. The van der Waals surface area contributed by atoms with Crippen molar-refractivity contribution in [1.29, 1.82) is 0 Å². The molecule has 88 valence electrons. The van der Waals surface area contributed by atoms with Gasteiger partial charge in [0.1, 0.15) is 0 Å². The van der Waals surface area contributed by atoms with Crippen LogP contribution in [0.1, 0.15) is 5.56 Å². The lowest BCUT2D eigenvalue weighted by molar-refractivity contribution is 1.35. The van der Waals surface area contributed by atoms with Crippen LogP contribution < -0.4 is 5.30 Å². The van der Waals surface area contributed by atoms with Crippen LogP contribution in [0.5, 0.6) is 0 Å². The smallest absolute Gasteiger partial charge is 0.0257 e. The molecule has 2 aromatic rings. The summed E-state index contributed by atoms with van der Waals surface area (Å²) in [7, 11) is -0.600. The van der Waals surface area contributed by atoms with Crippen LogP contribution in [0.3, 0.4) is 0 Å². The van der Waals surface area contributed by atoms with Gasteiger partial charge in [-0.3, -0.25) is 0 Å². The van der Waals surface area contributed by atoms with Gasteiger partial charge in [0.15, 0.2) is 0 Å². The molecule has 2 rings (SSSR count). The highest BCUT2D eigenvalue weighted by molar-refractivity contribution is 7.98. The number of benzene rings is 2. The molecule has 0 amide bonds. The maximum absolute atomic E-state index is 6.47. The summed E-state index contributed by atoms with van der Waals surface area (Å²) >= 11 is 8.24. The molecule has 0 aliphatic heterocycles. The van der Waals surface area contributed by atoms with E-state index in [9.17, 15) is 0 Å². The first-order valence-corrected chi connectivity index (χ1v) is 9.06. The van der Waals surface area contributed by atoms with E-state index in [2.05, 4.69) is 42.7 Å². The van der Waals surface area contributed by atoms with Crippen LogP contribution in [0.25, 0.3) is 0 Å². The molecular formula is C14H14ClPS. The van der Waals surface area contributed by atoms with Gasteiger partial charge in [-0.1, -0.05) is 53.7 Å². The van der Waals surface area contributed by atoms with Crippen molar-refractivity contribution in [2.24, 2.45) is 0 Å². The summed E-state index contributed by atoms with van der Waals surface area (Å²) in [6, 6.07) is 19.0. The molecule has 0 heterocycles. The number of rotatable bonds is 4. The number of hydrogen-bond acceptors (Lipinski definition) is 1. The Hall–Kier alpha value is -0.490. The van der Waals surface area contributed by atoms with E-state index in [1.54, 1.807) is 11.8 Å².